The van der Waals surface area contributed by atoms with Gasteiger partial charge in [-0.1, -0.05) is 6.07 Å². The molecule has 4 rings (SSSR count). The molecule has 2 heterocycles. The minimum atomic E-state index is -1.53. The van der Waals surface area contributed by atoms with Gasteiger partial charge < -0.3 is 40.6 Å². The van der Waals surface area contributed by atoms with E-state index in [0.717, 1.165) is 0 Å². The number of aromatic nitrogens is 2. The summed E-state index contributed by atoms with van der Waals surface area (Å²) >= 11 is 0. The van der Waals surface area contributed by atoms with E-state index in [1.54, 1.807) is 13.1 Å². The van der Waals surface area contributed by atoms with Crippen molar-refractivity contribution in [1.29, 1.82) is 0 Å². The first-order valence-electron chi connectivity index (χ1n) is 9.80. The molecule has 0 bridgehead atoms. The number of aromatic carboxylic acids is 1. The van der Waals surface area contributed by atoms with Gasteiger partial charge in [-0.2, -0.15) is 0 Å². The van der Waals surface area contributed by atoms with Crippen LogP contribution >= 0.6 is 0 Å². The number of amides is 1. The zero-order valence-electron chi connectivity index (χ0n) is 16.7. The predicted molar refractivity (Wildman–Crippen MR) is 107 cm³/mol. The van der Waals surface area contributed by atoms with E-state index < -0.39 is 36.3 Å². The van der Waals surface area contributed by atoms with E-state index in [-0.39, 0.29) is 36.2 Å². The first-order valence-corrected chi connectivity index (χ1v) is 9.80. The summed E-state index contributed by atoms with van der Waals surface area (Å²) in [4.78, 5) is 32.7. The fraction of sp³-hybridized carbons (Fsp3) is 0.421. The number of phenols is 1. The van der Waals surface area contributed by atoms with Crippen LogP contribution in [0.3, 0.4) is 0 Å². The summed E-state index contributed by atoms with van der Waals surface area (Å²) in [5.41, 5.74) is 5.19. The Morgan fingerprint density at radius 3 is 2.61 bits per heavy atom. The van der Waals surface area contributed by atoms with Gasteiger partial charge in [0.05, 0.1) is 25.1 Å². The van der Waals surface area contributed by atoms with Crippen molar-refractivity contribution in [2.24, 2.45) is 5.73 Å². The van der Waals surface area contributed by atoms with Gasteiger partial charge in [-0.25, -0.2) is 9.78 Å². The zero-order valence-corrected chi connectivity index (χ0v) is 16.7. The molecule has 1 saturated heterocycles. The maximum absolute atomic E-state index is 12.7. The van der Waals surface area contributed by atoms with Crippen LogP contribution in [-0.4, -0.2) is 73.3 Å². The number of hydrogen-bond acceptors (Lipinski definition) is 8. The van der Waals surface area contributed by atoms with Gasteiger partial charge >= 0.3 is 13.1 Å². The minimum absolute atomic E-state index is 0.0181. The fourth-order valence-electron chi connectivity index (χ4n) is 3.93. The number of H-pyrrole nitrogens is 1. The Morgan fingerprint density at radius 2 is 2.06 bits per heavy atom. The molecule has 0 spiro atoms. The number of aromatic hydroxyl groups is 1. The van der Waals surface area contributed by atoms with Crippen molar-refractivity contribution in [3.63, 3.8) is 0 Å². The highest BCUT2D eigenvalue weighted by Gasteiger charge is 2.48. The second-order valence-corrected chi connectivity index (χ2v) is 8.21. The Bertz CT molecular complexity index is 1000. The standard InChI is InChI=1S/C19H23BN4O7/c1-19(21,14-5-22-8-23-14)18(28)24-6-9(7-24)31-13-3-2-10(11-4-12(11)20(29)30)16(25)15(13)17(26)27/h2-3,5,8-9,11-12,25,29-30H,4,6-7,21H2,1H3,(H,22,23)(H,26,27). The summed E-state index contributed by atoms with van der Waals surface area (Å²) in [6, 6.07) is 2.97. The highest BCUT2D eigenvalue weighted by Crippen LogP contribution is 2.56. The Kier molecular flexibility index (Phi) is 5.16. The van der Waals surface area contributed by atoms with Crippen molar-refractivity contribution in [2.45, 2.75) is 36.7 Å². The maximum Gasteiger partial charge on any atom is 0.455 e. The molecule has 11 nitrogen and oxygen atoms in total. The number of rotatable bonds is 7. The topological polar surface area (TPSA) is 182 Å². The summed E-state index contributed by atoms with van der Waals surface area (Å²) in [6.45, 7) is 1.98. The van der Waals surface area contributed by atoms with E-state index in [0.29, 0.717) is 17.7 Å². The number of benzene rings is 1. The number of hydrogen-bond donors (Lipinski definition) is 6. The van der Waals surface area contributed by atoms with Crippen LogP contribution in [0.2, 0.25) is 5.82 Å². The molecule has 3 unspecified atom stereocenters. The first kappa shape index (κ1) is 21.2. The van der Waals surface area contributed by atoms with E-state index >= 15 is 0 Å². The third-order valence-electron chi connectivity index (χ3n) is 5.91. The summed E-state index contributed by atoms with van der Waals surface area (Å²) in [5, 5.41) is 38.6. The number of carboxylic acid groups (broad SMARTS) is 1. The van der Waals surface area contributed by atoms with E-state index in [2.05, 4.69) is 9.97 Å². The average molecular weight is 430 g/mol. The maximum atomic E-state index is 12.7. The quantitative estimate of drug-likeness (QED) is 0.319. The number of aromatic amines is 1. The molecule has 12 heteroatoms. The molecule has 2 fully saturated rings. The van der Waals surface area contributed by atoms with Crippen LogP contribution in [0.15, 0.2) is 24.7 Å². The van der Waals surface area contributed by atoms with Crippen molar-refractivity contribution in [1.82, 2.24) is 14.9 Å². The number of likely N-dealkylation sites (tertiary alicyclic amines) is 1. The van der Waals surface area contributed by atoms with Gasteiger partial charge in [0, 0.05) is 12.0 Å². The molecule has 1 aliphatic carbocycles. The Labute approximate surface area is 177 Å². The lowest BCUT2D eigenvalue weighted by molar-refractivity contribution is -0.145. The minimum Gasteiger partial charge on any atom is -0.507 e. The molecule has 0 radical (unpaired) electrons. The number of nitrogens with zero attached hydrogens (tertiary/aromatic N) is 2. The lowest BCUT2D eigenvalue weighted by Gasteiger charge is -2.42. The molecule has 2 aromatic rings. The summed E-state index contributed by atoms with van der Waals surface area (Å²) < 4.78 is 5.74. The molecule has 1 aromatic heterocycles. The number of imidazole rings is 1. The van der Waals surface area contributed by atoms with Crippen LogP contribution in [0.5, 0.6) is 11.5 Å². The molecular formula is C19H23BN4O7. The normalized spacial score (nSPS) is 22.4. The van der Waals surface area contributed by atoms with Gasteiger partial charge in [-0.05, 0) is 30.9 Å². The molecule has 1 aliphatic heterocycles. The largest absolute Gasteiger partial charge is 0.507 e. The number of ether oxygens (including phenoxy) is 1. The molecule has 1 saturated carbocycles. The number of carbonyl (C=O) groups excluding carboxylic acids is 1. The lowest BCUT2D eigenvalue weighted by Crippen LogP contribution is -2.62. The molecule has 31 heavy (non-hydrogen) atoms. The van der Waals surface area contributed by atoms with Crippen molar-refractivity contribution in [2.75, 3.05) is 13.1 Å². The molecule has 164 valence electrons. The Morgan fingerprint density at radius 1 is 1.35 bits per heavy atom. The molecule has 7 N–H and O–H groups in total. The molecule has 3 atom stereocenters. The van der Waals surface area contributed by atoms with Crippen LogP contribution < -0.4 is 10.5 Å². The van der Waals surface area contributed by atoms with Gasteiger partial charge in [-0.3, -0.25) is 4.79 Å². The van der Waals surface area contributed by atoms with E-state index in [9.17, 15) is 29.9 Å². The highest BCUT2D eigenvalue weighted by atomic mass is 16.5. The first-order chi connectivity index (χ1) is 14.6. The van der Waals surface area contributed by atoms with Gasteiger partial charge in [0.25, 0.3) is 0 Å². The van der Waals surface area contributed by atoms with Crippen molar-refractivity contribution < 1.29 is 34.6 Å². The SMILES string of the molecule is CC(N)(C(=O)N1CC(Oc2ccc(C3CC3B(O)O)c(O)c2C(=O)O)C1)c1c[nH]cn1. The second-order valence-electron chi connectivity index (χ2n) is 8.21. The second kappa shape index (κ2) is 7.55. The lowest BCUT2D eigenvalue weighted by atomic mass is 9.81. The molecule has 1 amide bonds. The van der Waals surface area contributed by atoms with Crippen LogP contribution in [0.25, 0.3) is 0 Å². The van der Waals surface area contributed by atoms with Gasteiger partial charge in [0.15, 0.2) is 0 Å². The monoisotopic (exact) mass is 430 g/mol. The van der Waals surface area contributed by atoms with Crippen LogP contribution in [0.4, 0.5) is 0 Å². The summed E-state index contributed by atoms with van der Waals surface area (Å²) in [5.74, 6) is -2.93. The molecule has 2 aliphatic rings. The van der Waals surface area contributed by atoms with E-state index in [1.165, 1.54) is 23.4 Å². The van der Waals surface area contributed by atoms with Gasteiger partial charge in [0.2, 0.25) is 5.91 Å². The Hall–Kier alpha value is -3.09. The predicted octanol–water partition coefficient (Wildman–Crippen LogP) is -0.392. The number of nitrogens with two attached hydrogens (primary N) is 1. The van der Waals surface area contributed by atoms with Crippen LogP contribution in [-0.2, 0) is 10.3 Å². The highest BCUT2D eigenvalue weighted by molar-refractivity contribution is 6.44. The van der Waals surface area contributed by atoms with Gasteiger partial charge in [0.1, 0.15) is 28.7 Å². The number of carboxylic acids is 1. The molecular weight excluding hydrogens is 407 g/mol. The van der Waals surface area contributed by atoms with Crippen molar-refractivity contribution >= 4 is 19.0 Å². The van der Waals surface area contributed by atoms with E-state index in [1.807, 2.05) is 0 Å². The fourth-order valence-corrected chi connectivity index (χ4v) is 3.93. The Balaban J connectivity index is 1.44. The smallest absolute Gasteiger partial charge is 0.455 e. The van der Waals surface area contributed by atoms with Crippen LogP contribution in [0, 0.1) is 0 Å². The summed E-state index contributed by atoms with van der Waals surface area (Å²) in [7, 11) is -1.53. The van der Waals surface area contributed by atoms with E-state index in [4.69, 9.17) is 10.5 Å². The zero-order chi connectivity index (χ0) is 22.5. The van der Waals surface area contributed by atoms with Crippen molar-refractivity contribution in [3.8, 4) is 11.5 Å². The number of nitrogens with one attached hydrogen (secondary N) is 1. The van der Waals surface area contributed by atoms with Crippen LogP contribution in [0.1, 0.15) is 40.9 Å². The van der Waals surface area contributed by atoms with Gasteiger partial charge in [-0.15, -0.1) is 0 Å². The molecule has 1 aromatic carbocycles. The number of carbonyl (C=O) groups is 2. The van der Waals surface area contributed by atoms with Crippen molar-refractivity contribution in [3.05, 3.63) is 41.5 Å². The third kappa shape index (κ3) is 3.73. The average Bonchev–Trinajstić information content (AvgIpc) is 3.26. The summed E-state index contributed by atoms with van der Waals surface area (Å²) in [6.07, 6.45) is 2.97. The third-order valence-corrected chi connectivity index (χ3v) is 5.91.